The number of esters is 1. The Morgan fingerprint density at radius 3 is 2.30 bits per heavy atom. The number of alkyl halides is 3. The van der Waals surface area contributed by atoms with Gasteiger partial charge in [-0.3, -0.25) is 9.69 Å². The first-order valence-corrected chi connectivity index (χ1v) is 13.0. The summed E-state index contributed by atoms with van der Waals surface area (Å²) < 4.78 is 14.6. The van der Waals surface area contributed by atoms with Crippen LogP contribution in [-0.2, 0) is 19.1 Å². The predicted octanol–water partition coefficient (Wildman–Crippen LogP) is 3.96. The Balaban J connectivity index is 2.08. The van der Waals surface area contributed by atoms with Crippen LogP contribution in [0.2, 0.25) is 0 Å². The van der Waals surface area contributed by atoms with E-state index in [9.17, 15) is 14.4 Å². The summed E-state index contributed by atoms with van der Waals surface area (Å²) in [6, 6.07) is 5.75. The lowest BCUT2D eigenvalue weighted by Gasteiger charge is -2.50. The van der Waals surface area contributed by atoms with Crippen molar-refractivity contribution in [2.24, 2.45) is 0 Å². The topological polar surface area (TPSA) is 106 Å². The molecule has 0 aliphatic carbocycles. The molecule has 204 valence electrons. The van der Waals surface area contributed by atoms with Crippen molar-refractivity contribution in [3.8, 4) is 5.75 Å². The fourth-order valence-corrected chi connectivity index (χ4v) is 4.54. The van der Waals surface area contributed by atoms with Gasteiger partial charge in [-0.15, -0.1) is 0 Å². The third-order valence-electron chi connectivity index (χ3n) is 6.39. The highest BCUT2D eigenvalue weighted by Crippen LogP contribution is 2.43. The van der Waals surface area contributed by atoms with Gasteiger partial charge in [0.25, 0.3) is 0 Å². The smallest absolute Gasteiger partial charge is 0.411 e. The molecule has 0 aromatic heterocycles. The van der Waals surface area contributed by atoms with Gasteiger partial charge in [-0.05, 0) is 50.5 Å². The van der Waals surface area contributed by atoms with Crippen LogP contribution < -0.4 is 4.74 Å². The average Bonchev–Trinajstić information content (AvgIpc) is 2.81. The van der Waals surface area contributed by atoms with Crippen LogP contribution in [0.3, 0.4) is 0 Å². The Morgan fingerprint density at radius 2 is 1.76 bits per heavy atom. The Hall–Kier alpha value is -2.20. The van der Waals surface area contributed by atoms with Crippen LogP contribution in [0.1, 0.15) is 39.7 Å². The number of amides is 2. The highest BCUT2D eigenvalue weighted by Gasteiger charge is 2.51. The minimum absolute atomic E-state index is 0.0739. The van der Waals surface area contributed by atoms with Gasteiger partial charge in [0.2, 0.25) is 9.70 Å². The number of piperazine rings is 1. The second kappa shape index (κ2) is 11.7. The van der Waals surface area contributed by atoms with E-state index in [1.54, 1.807) is 36.1 Å². The van der Waals surface area contributed by atoms with Gasteiger partial charge in [0.1, 0.15) is 12.4 Å². The molecule has 1 aromatic carbocycles. The third kappa shape index (κ3) is 6.45. The molecule has 0 saturated carbocycles. The molecule has 1 aromatic rings. The highest BCUT2D eigenvalue weighted by atomic mass is 35.6. The summed E-state index contributed by atoms with van der Waals surface area (Å²) in [5.41, 5.74) is 0.244. The van der Waals surface area contributed by atoms with Gasteiger partial charge < -0.3 is 24.2 Å². The van der Waals surface area contributed by atoms with Crippen molar-refractivity contribution in [1.82, 2.24) is 9.80 Å². The van der Waals surface area contributed by atoms with Crippen LogP contribution in [0.5, 0.6) is 5.75 Å². The molecule has 0 spiro atoms. The second-order valence-corrected chi connectivity index (χ2v) is 11.6. The largest absolute Gasteiger partial charge is 0.491 e. The summed E-state index contributed by atoms with van der Waals surface area (Å²) in [4.78, 5) is 42.1. The maximum atomic E-state index is 13.5. The van der Waals surface area contributed by atoms with Crippen LogP contribution in [-0.4, -0.2) is 87.3 Å². The van der Waals surface area contributed by atoms with Crippen LogP contribution in [0.25, 0.3) is 5.57 Å². The van der Waals surface area contributed by atoms with Gasteiger partial charge in [0.05, 0.1) is 30.9 Å². The summed E-state index contributed by atoms with van der Waals surface area (Å²) in [5.74, 6) is -0.207. The number of hydrogen-bond donors (Lipinski definition) is 1. The summed E-state index contributed by atoms with van der Waals surface area (Å²) in [7, 11) is 0. The van der Waals surface area contributed by atoms with E-state index in [0.717, 1.165) is 5.56 Å². The fraction of sp³-hybridized carbons (Fsp3) is 0.560. The molecule has 0 radical (unpaired) electrons. The molecule has 9 nitrogen and oxygen atoms in total. The maximum absolute atomic E-state index is 13.5. The van der Waals surface area contributed by atoms with Crippen molar-refractivity contribution < 1.29 is 33.7 Å². The Kier molecular flexibility index (Phi) is 9.27. The summed E-state index contributed by atoms with van der Waals surface area (Å²) in [5, 5.41) is 8.99. The summed E-state index contributed by atoms with van der Waals surface area (Å²) in [6.07, 6.45) is -0.502. The highest BCUT2D eigenvalue weighted by molar-refractivity contribution is 6.68. The maximum Gasteiger partial charge on any atom is 0.411 e. The molecule has 3 rings (SSSR count). The van der Waals surface area contributed by atoms with E-state index in [1.807, 2.05) is 0 Å². The van der Waals surface area contributed by atoms with Crippen molar-refractivity contribution in [3.05, 3.63) is 35.4 Å². The number of nitrogens with zero attached hydrogens (tertiary/aromatic N) is 2. The predicted molar refractivity (Wildman–Crippen MR) is 140 cm³/mol. The number of halogens is 3. The molecule has 2 aliphatic heterocycles. The van der Waals surface area contributed by atoms with Crippen LogP contribution in [0.15, 0.2) is 29.8 Å². The summed E-state index contributed by atoms with van der Waals surface area (Å²) >= 11 is 18.1. The number of benzene rings is 1. The van der Waals surface area contributed by atoms with Crippen LogP contribution >= 0.6 is 34.8 Å². The Morgan fingerprint density at radius 1 is 1.11 bits per heavy atom. The lowest BCUT2D eigenvalue weighted by Crippen LogP contribution is -2.65. The van der Waals surface area contributed by atoms with E-state index in [0.29, 0.717) is 11.3 Å². The minimum atomic E-state index is -1.90. The normalized spacial score (nSPS) is 20.0. The van der Waals surface area contributed by atoms with Crippen molar-refractivity contribution in [3.63, 3.8) is 0 Å². The van der Waals surface area contributed by atoms with Crippen molar-refractivity contribution in [1.29, 1.82) is 0 Å². The molecular formula is C25H31Cl3N2O7. The molecule has 1 fully saturated rings. The Bertz CT molecular complexity index is 1050. The van der Waals surface area contributed by atoms with Gasteiger partial charge in [-0.25, -0.2) is 9.59 Å². The van der Waals surface area contributed by atoms with Crippen LogP contribution in [0, 0.1) is 0 Å². The first-order chi connectivity index (χ1) is 17.3. The lowest BCUT2D eigenvalue weighted by molar-refractivity contribution is -0.142. The molecule has 2 heterocycles. The second-order valence-electron chi connectivity index (χ2n) is 9.29. The van der Waals surface area contributed by atoms with Gasteiger partial charge in [-0.2, -0.15) is 0 Å². The van der Waals surface area contributed by atoms with E-state index in [1.165, 1.54) is 25.7 Å². The summed E-state index contributed by atoms with van der Waals surface area (Å²) in [6.45, 7) is 6.57. The monoisotopic (exact) mass is 576 g/mol. The van der Waals surface area contributed by atoms with E-state index < -0.39 is 33.5 Å². The molecule has 2 amide bonds. The standard InChI is InChI=1S/C25H31Cl3N2O7/c1-5-35-22(33)21-19(16-6-8-18(9-7-16)36-11-10-31)12-17-13-29(15(2)32)14-20(21)30(17)23(34)37-24(3,4)25(26,27)28/h6-9,17,20,31H,5,10-14H2,1-4H3. The quantitative estimate of drug-likeness (QED) is 0.386. The molecule has 2 bridgehead atoms. The van der Waals surface area contributed by atoms with E-state index in [4.69, 9.17) is 54.1 Å². The zero-order valence-corrected chi connectivity index (χ0v) is 23.4. The zero-order chi connectivity index (χ0) is 27.5. The first kappa shape index (κ1) is 29.4. The average molecular weight is 578 g/mol. The molecule has 37 heavy (non-hydrogen) atoms. The van der Waals surface area contributed by atoms with Crippen molar-refractivity contribution in [2.75, 3.05) is 32.9 Å². The number of rotatable bonds is 7. The third-order valence-corrected chi connectivity index (χ3v) is 7.76. The van der Waals surface area contributed by atoms with E-state index in [2.05, 4.69) is 0 Å². The first-order valence-electron chi connectivity index (χ1n) is 11.9. The lowest BCUT2D eigenvalue weighted by atomic mass is 9.82. The van der Waals surface area contributed by atoms with Gasteiger partial charge >= 0.3 is 12.1 Å². The number of ether oxygens (including phenoxy) is 3. The van der Waals surface area contributed by atoms with Gasteiger partial charge in [-0.1, -0.05) is 46.9 Å². The number of aliphatic hydroxyl groups excluding tert-OH is 1. The van der Waals surface area contributed by atoms with Gasteiger partial charge in [0, 0.05) is 20.0 Å². The zero-order valence-electron chi connectivity index (χ0n) is 21.1. The fourth-order valence-electron chi connectivity index (χ4n) is 4.43. The number of fused-ring (bicyclic) bond motifs is 2. The Labute approximate surface area is 231 Å². The van der Waals surface area contributed by atoms with Crippen LogP contribution in [0.4, 0.5) is 4.79 Å². The minimum Gasteiger partial charge on any atom is -0.491 e. The van der Waals surface area contributed by atoms with Crippen molar-refractivity contribution >= 4 is 58.3 Å². The SMILES string of the molecule is CCOC(=O)C1=C(c2ccc(OCCO)cc2)CC2CN(C(C)=O)CC1N2C(=O)OC(C)(C)C(Cl)(Cl)Cl. The molecule has 12 heteroatoms. The van der Waals surface area contributed by atoms with Gasteiger partial charge in [0.15, 0.2) is 5.60 Å². The number of carbonyl (C=O) groups excluding carboxylic acids is 3. The molecule has 2 atom stereocenters. The molecule has 2 aliphatic rings. The van der Waals surface area contributed by atoms with Crippen molar-refractivity contribution in [2.45, 2.75) is 55.6 Å². The number of carbonyl (C=O) groups is 3. The van der Waals surface area contributed by atoms with E-state index in [-0.39, 0.29) is 50.8 Å². The number of aliphatic hydroxyl groups is 1. The molecule has 2 unspecified atom stereocenters. The van der Waals surface area contributed by atoms with E-state index >= 15 is 0 Å². The molecule has 1 N–H and O–H groups in total. The molecular weight excluding hydrogens is 547 g/mol. The number of hydrogen-bond acceptors (Lipinski definition) is 7. The molecule has 1 saturated heterocycles.